The minimum Gasteiger partial charge on any atom is -0.396 e. The average Bonchev–Trinajstić information content (AvgIpc) is 2.80. The molecule has 0 aliphatic carbocycles. The van der Waals surface area contributed by atoms with Crippen LogP contribution in [0.1, 0.15) is 32.3 Å². The Kier molecular flexibility index (Phi) is 4.10. The van der Waals surface area contributed by atoms with E-state index in [-0.39, 0.29) is 24.6 Å². The van der Waals surface area contributed by atoms with Crippen molar-refractivity contribution in [2.24, 2.45) is 0 Å². The third-order valence-corrected chi connectivity index (χ3v) is 3.71. The van der Waals surface area contributed by atoms with Crippen molar-refractivity contribution in [3.05, 3.63) is 29.8 Å². The van der Waals surface area contributed by atoms with Gasteiger partial charge in [-0.2, -0.15) is 0 Å². The Bertz CT molecular complexity index is 442. The van der Waals surface area contributed by atoms with E-state index in [9.17, 15) is 4.79 Å². The van der Waals surface area contributed by atoms with Gasteiger partial charge in [0.05, 0.1) is 0 Å². The van der Waals surface area contributed by atoms with Crippen molar-refractivity contribution in [2.75, 3.05) is 24.6 Å². The van der Waals surface area contributed by atoms with Gasteiger partial charge in [0.15, 0.2) is 0 Å². The highest BCUT2D eigenvalue weighted by atomic mass is 16.3. The molecule has 1 aromatic carbocycles. The maximum absolute atomic E-state index is 12.2. The van der Waals surface area contributed by atoms with Gasteiger partial charge in [-0.1, -0.05) is 19.1 Å². The first-order valence-corrected chi connectivity index (χ1v) is 6.83. The van der Waals surface area contributed by atoms with E-state index >= 15 is 0 Å². The van der Waals surface area contributed by atoms with Gasteiger partial charge in [0.2, 0.25) is 0 Å². The number of nitrogens with zero attached hydrogens (tertiary/aromatic N) is 2. The monoisotopic (exact) mass is 262 g/mol. The van der Waals surface area contributed by atoms with Crippen LogP contribution in [0.3, 0.4) is 0 Å². The van der Waals surface area contributed by atoms with E-state index in [0.717, 1.165) is 24.3 Å². The third kappa shape index (κ3) is 2.73. The number of aliphatic hydroxyl groups is 1. The average molecular weight is 262 g/mol. The molecule has 1 fully saturated rings. The minimum absolute atomic E-state index is 0.0814. The van der Waals surface area contributed by atoms with Crippen LogP contribution in [0.2, 0.25) is 0 Å². The van der Waals surface area contributed by atoms with E-state index in [0.29, 0.717) is 0 Å². The molecular weight excluding hydrogens is 240 g/mol. The van der Waals surface area contributed by atoms with E-state index in [2.05, 4.69) is 0 Å². The van der Waals surface area contributed by atoms with Crippen LogP contribution in [-0.2, 0) is 0 Å². The molecule has 0 bridgehead atoms. The van der Waals surface area contributed by atoms with E-state index in [4.69, 9.17) is 5.11 Å². The fraction of sp³-hybridized carbons (Fsp3) is 0.533. The maximum atomic E-state index is 12.2. The molecule has 0 saturated carbocycles. The Morgan fingerprint density at radius 2 is 1.79 bits per heavy atom. The summed E-state index contributed by atoms with van der Waals surface area (Å²) in [5.41, 5.74) is 2.03. The van der Waals surface area contributed by atoms with Crippen molar-refractivity contribution in [1.29, 1.82) is 0 Å². The lowest BCUT2D eigenvalue weighted by molar-refractivity contribution is 0.209. The molecule has 1 unspecified atom stereocenters. The lowest BCUT2D eigenvalue weighted by Crippen LogP contribution is -2.36. The molecule has 1 aliphatic heterocycles. The second-order valence-electron chi connectivity index (χ2n) is 5.40. The Balaban J connectivity index is 2.13. The summed E-state index contributed by atoms with van der Waals surface area (Å²) in [5, 5.41) is 9.14. The highest BCUT2D eigenvalue weighted by molar-refractivity contribution is 5.94. The molecule has 1 N–H and O–H groups in total. The number of hydrogen-bond acceptors (Lipinski definition) is 2. The van der Waals surface area contributed by atoms with E-state index in [1.165, 1.54) is 0 Å². The Labute approximate surface area is 114 Å². The highest BCUT2D eigenvalue weighted by Crippen LogP contribution is 2.24. The van der Waals surface area contributed by atoms with Gasteiger partial charge < -0.3 is 10.0 Å². The number of rotatable bonds is 4. The van der Waals surface area contributed by atoms with Gasteiger partial charge in [0.1, 0.15) is 0 Å². The summed E-state index contributed by atoms with van der Waals surface area (Å²) in [7, 11) is 0. The number of anilines is 1. The summed E-state index contributed by atoms with van der Waals surface area (Å²) in [6.07, 6.45) is 0. The van der Waals surface area contributed by atoms with Crippen molar-refractivity contribution in [3.8, 4) is 0 Å². The first-order chi connectivity index (χ1) is 9.04. The smallest absolute Gasteiger partial charge is 0.324 e. The number of benzene rings is 1. The Hall–Kier alpha value is -1.55. The summed E-state index contributed by atoms with van der Waals surface area (Å²) >= 11 is 0. The van der Waals surface area contributed by atoms with Crippen LogP contribution in [0.5, 0.6) is 0 Å². The lowest BCUT2D eigenvalue weighted by Gasteiger charge is -2.22. The molecule has 104 valence electrons. The number of carbonyl (C=O) groups excluding carboxylic acids is 1. The number of aliphatic hydroxyl groups excluding tert-OH is 1. The van der Waals surface area contributed by atoms with Crippen LogP contribution in [0.15, 0.2) is 24.3 Å². The standard InChI is InChI=1S/C15H22N2O2/c1-11(2)16-8-9-17(15(16)19)14-6-4-13(5-7-14)12(3)10-18/h4-7,11-12,18H,8-10H2,1-3H3. The fourth-order valence-electron chi connectivity index (χ4n) is 2.36. The van der Waals surface area contributed by atoms with Crippen LogP contribution in [-0.4, -0.2) is 41.8 Å². The fourth-order valence-corrected chi connectivity index (χ4v) is 2.36. The summed E-state index contributed by atoms with van der Waals surface area (Å²) < 4.78 is 0. The van der Waals surface area contributed by atoms with Crippen molar-refractivity contribution < 1.29 is 9.90 Å². The summed E-state index contributed by atoms with van der Waals surface area (Å²) in [6.45, 7) is 7.72. The topological polar surface area (TPSA) is 43.8 Å². The van der Waals surface area contributed by atoms with Crippen LogP contribution in [0.4, 0.5) is 10.5 Å². The van der Waals surface area contributed by atoms with Gasteiger partial charge in [0.25, 0.3) is 0 Å². The van der Waals surface area contributed by atoms with Gasteiger partial charge in [0, 0.05) is 37.3 Å². The number of urea groups is 1. The molecule has 1 atom stereocenters. The van der Waals surface area contributed by atoms with Gasteiger partial charge in [-0.3, -0.25) is 4.90 Å². The number of carbonyl (C=O) groups is 1. The van der Waals surface area contributed by atoms with E-state index in [1.54, 1.807) is 0 Å². The van der Waals surface area contributed by atoms with Crippen LogP contribution in [0, 0.1) is 0 Å². The third-order valence-electron chi connectivity index (χ3n) is 3.71. The van der Waals surface area contributed by atoms with Crippen molar-refractivity contribution >= 4 is 11.7 Å². The van der Waals surface area contributed by atoms with Crippen molar-refractivity contribution in [1.82, 2.24) is 4.90 Å². The molecule has 2 rings (SSSR count). The molecule has 1 aromatic rings. The zero-order valence-corrected chi connectivity index (χ0v) is 11.8. The molecule has 19 heavy (non-hydrogen) atoms. The molecule has 4 nitrogen and oxygen atoms in total. The normalized spacial score (nSPS) is 17.4. The van der Waals surface area contributed by atoms with Crippen molar-refractivity contribution in [2.45, 2.75) is 32.7 Å². The zero-order valence-electron chi connectivity index (χ0n) is 11.8. The Morgan fingerprint density at radius 1 is 1.16 bits per heavy atom. The van der Waals surface area contributed by atoms with E-state index < -0.39 is 0 Å². The predicted molar refractivity (Wildman–Crippen MR) is 76.5 cm³/mol. The van der Waals surface area contributed by atoms with E-state index in [1.807, 2.05) is 54.8 Å². The van der Waals surface area contributed by atoms with Gasteiger partial charge in [-0.15, -0.1) is 0 Å². The van der Waals surface area contributed by atoms with Crippen LogP contribution >= 0.6 is 0 Å². The zero-order chi connectivity index (χ0) is 14.0. The SMILES string of the molecule is CC(CO)c1ccc(N2CCN(C(C)C)C2=O)cc1. The summed E-state index contributed by atoms with van der Waals surface area (Å²) in [6, 6.07) is 8.22. The molecular formula is C15H22N2O2. The summed E-state index contributed by atoms with van der Waals surface area (Å²) in [5.74, 6) is 0.135. The molecule has 0 spiro atoms. The number of amides is 2. The molecule has 1 saturated heterocycles. The molecule has 1 heterocycles. The van der Waals surface area contributed by atoms with Gasteiger partial charge >= 0.3 is 6.03 Å². The first-order valence-electron chi connectivity index (χ1n) is 6.83. The second-order valence-corrected chi connectivity index (χ2v) is 5.40. The second kappa shape index (κ2) is 5.61. The molecule has 0 aromatic heterocycles. The van der Waals surface area contributed by atoms with Gasteiger partial charge in [-0.05, 0) is 31.5 Å². The number of hydrogen-bond donors (Lipinski definition) is 1. The largest absolute Gasteiger partial charge is 0.396 e. The van der Waals surface area contributed by atoms with Crippen LogP contribution in [0.25, 0.3) is 0 Å². The highest BCUT2D eigenvalue weighted by Gasteiger charge is 2.30. The van der Waals surface area contributed by atoms with Crippen LogP contribution < -0.4 is 4.90 Å². The van der Waals surface area contributed by atoms with Gasteiger partial charge in [-0.25, -0.2) is 4.79 Å². The quantitative estimate of drug-likeness (QED) is 0.905. The predicted octanol–water partition coefficient (Wildman–Crippen LogP) is 2.43. The molecule has 2 amide bonds. The molecule has 4 heteroatoms. The lowest BCUT2D eigenvalue weighted by atomic mass is 10.0. The minimum atomic E-state index is 0.0814. The maximum Gasteiger partial charge on any atom is 0.324 e. The van der Waals surface area contributed by atoms with Crippen molar-refractivity contribution in [3.63, 3.8) is 0 Å². The summed E-state index contributed by atoms with van der Waals surface area (Å²) in [4.78, 5) is 15.9. The molecule has 0 radical (unpaired) electrons. The first kappa shape index (κ1) is 13.9. The Morgan fingerprint density at radius 3 is 2.26 bits per heavy atom. The molecule has 1 aliphatic rings.